The van der Waals surface area contributed by atoms with Crippen LogP contribution < -0.4 is 0 Å². The molecule has 4 nitrogen and oxygen atoms in total. The standard InChI is InChI=1S/C57H38N4/c1-7-19-39(20-8-1)46-35-49(41-23-11-3-12-24-41)53-51(37-46)52-38-47(40-21-9-2-10-22-40)36-50(42-25-13-4-14-26-42)54(52)61(53)48-33-31-45(32-34-48)57-59-55(43-27-15-5-16-28-43)58-56(60-57)44-29-17-6-18-30-44/h1-38H. The molecular formula is C57H38N4. The van der Waals surface area contributed by atoms with E-state index in [9.17, 15) is 0 Å². The minimum Gasteiger partial charge on any atom is -0.308 e. The molecule has 0 aliphatic carbocycles. The lowest BCUT2D eigenvalue weighted by atomic mass is 9.93. The molecule has 0 fully saturated rings. The van der Waals surface area contributed by atoms with Crippen LogP contribution in [-0.2, 0) is 0 Å². The molecule has 0 atom stereocenters. The third kappa shape index (κ3) is 6.76. The van der Waals surface area contributed by atoms with Gasteiger partial charge in [0.15, 0.2) is 17.5 Å². The Kier molecular flexibility index (Phi) is 9.14. The number of aromatic nitrogens is 4. The molecule has 0 amide bonds. The van der Waals surface area contributed by atoms with Crippen LogP contribution >= 0.6 is 0 Å². The van der Waals surface area contributed by atoms with Crippen molar-refractivity contribution < 1.29 is 0 Å². The van der Waals surface area contributed by atoms with E-state index in [0.29, 0.717) is 17.5 Å². The molecule has 9 aromatic carbocycles. The van der Waals surface area contributed by atoms with Crippen molar-refractivity contribution in [3.63, 3.8) is 0 Å². The van der Waals surface area contributed by atoms with Crippen molar-refractivity contribution in [3.8, 4) is 84.4 Å². The maximum Gasteiger partial charge on any atom is 0.164 e. The van der Waals surface area contributed by atoms with Crippen molar-refractivity contribution in [2.45, 2.75) is 0 Å². The van der Waals surface area contributed by atoms with Crippen molar-refractivity contribution >= 4 is 21.8 Å². The van der Waals surface area contributed by atoms with E-state index in [2.05, 4.69) is 174 Å². The van der Waals surface area contributed by atoms with Gasteiger partial charge in [0.1, 0.15) is 0 Å². The molecule has 0 aliphatic rings. The van der Waals surface area contributed by atoms with Gasteiger partial charge in [-0.15, -0.1) is 0 Å². The summed E-state index contributed by atoms with van der Waals surface area (Å²) >= 11 is 0. The van der Waals surface area contributed by atoms with Gasteiger partial charge < -0.3 is 4.57 Å². The number of hydrogen-bond donors (Lipinski definition) is 0. The normalized spacial score (nSPS) is 11.3. The lowest BCUT2D eigenvalue weighted by Gasteiger charge is -2.16. The fourth-order valence-corrected chi connectivity index (χ4v) is 8.50. The van der Waals surface area contributed by atoms with Crippen LogP contribution in [0.4, 0.5) is 0 Å². The zero-order valence-corrected chi connectivity index (χ0v) is 33.2. The first-order chi connectivity index (χ1) is 30.2. The predicted octanol–water partition coefficient (Wildman–Crippen LogP) is 14.6. The van der Waals surface area contributed by atoms with E-state index in [-0.39, 0.29) is 0 Å². The molecule has 0 saturated heterocycles. The van der Waals surface area contributed by atoms with Crippen LogP contribution in [0.3, 0.4) is 0 Å². The quantitative estimate of drug-likeness (QED) is 0.154. The first kappa shape index (κ1) is 35.9. The van der Waals surface area contributed by atoms with Gasteiger partial charge in [-0.05, 0) is 81.9 Å². The predicted molar refractivity (Wildman–Crippen MR) is 252 cm³/mol. The fourth-order valence-electron chi connectivity index (χ4n) is 8.50. The highest BCUT2D eigenvalue weighted by molar-refractivity contribution is 6.19. The van der Waals surface area contributed by atoms with Crippen LogP contribution in [0.15, 0.2) is 231 Å². The van der Waals surface area contributed by atoms with Crippen LogP contribution in [-0.4, -0.2) is 19.5 Å². The first-order valence-electron chi connectivity index (χ1n) is 20.6. The van der Waals surface area contributed by atoms with E-state index < -0.39 is 0 Å². The molecule has 11 rings (SSSR count). The molecule has 0 aliphatic heterocycles. The largest absolute Gasteiger partial charge is 0.308 e. The molecule has 0 bridgehead atoms. The summed E-state index contributed by atoms with van der Waals surface area (Å²) in [4.78, 5) is 15.0. The average Bonchev–Trinajstić information content (AvgIpc) is 3.69. The van der Waals surface area contributed by atoms with E-state index >= 15 is 0 Å². The van der Waals surface area contributed by atoms with E-state index in [1.165, 1.54) is 33.0 Å². The van der Waals surface area contributed by atoms with Gasteiger partial charge in [-0.2, -0.15) is 0 Å². The van der Waals surface area contributed by atoms with Gasteiger partial charge >= 0.3 is 0 Å². The molecular weight excluding hydrogens is 741 g/mol. The van der Waals surface area contributed by atoms with Crippen molar-refractivity contribution in [3.05, 3.63) is 231 Å². The topological polar surface area (TPSA) is 43.6 Å². The minimum atomic E-state index is 0.622. The maximum atomic E-state index is 5.05. The summed E-state index contributed by atoms with van der Waals surface area (Å²) in [6, 6.07) is 81.4. The van der Waals surface area contributed by atoms with Crippen LogP contribution in [0.2, 0.25) is 0 Å². The summed E-state index contributed by atoms with van der Waals surface area (Å²) in [5.41, 5.74) is 15.5. The fraction of sp³-hybridized carbons (Fsp3) is 0. The van der Waals surface area contributed by atoms with Gasteiger partial charge in [0.2, 0.25) is 0 Å². The van der Waals surface area contributed by atoms with Crippen molar-refractivity contribution in [1.82, 2.24) is 19.5 Å². The Morgan fingerprint density at radius 2 is 0.541 bits per heavy atom. The van der Waals surface area contributed by atoms with E-state index in [1.54, 1.807) is 0 Å². The molecule has 0 spiro atoms. The molecule has 0 N–H and O–H groups in total. The highest BCUT2D eigenvalue weighted by atomic mass is 15.0. The van der Waals surface area contributed by atoms with Gasteiger partial charge in [-0.1, -0.05) is 182 Å². The number of fused-ring (bicyclic) bond motifs is 3. The van der Waals surface area contributed by atoms with E-state index in [4.69, 9.17) is 15.0 Å². The van der Waals surface area contributed by atoms with E-state index in [0.717, 1.165) is 55.7 Å². The Morgan fingerprint density at radius 1 is 0.246 bits per heavy atom. The molecule has 286 valence electrons. The second-order valence-corrected chi connectivity index (χ2v) is 15.2. The lowest BCUT2D eigenvalue weighted by Crippen LogP contribution is -2.01. The molecule has 2 heterocycles. The Bertz CT molecular complexity index is 3100. The Labute approximate surface area is 354 Å². The molecule has 4 heteroatoms. The van der Waals surface area contributed by atoms with Gasteiger partial charge in [-0.25, -0.2) is 15.0 Å². The van der Waals surface area contributed by atoms with Crippen LogP contribution in [0.1, 0.15) is 0 Å². The third-order valence-corrected chi connectivity index (χ3v) is 11.4. The average molecular weight is 779 g/mol. The SMILES string of the molecule is c1ccc(-c2cc(-c3ccccc3)c3c(c2)c2cc(-c4ccccc4)cc(-c4ccccc4)c2n3-c2ccc(-c3nc(-c4ccccc4)nc(-c4ccccc4)n3)cc2)cc1. The van der Waals surface area contributed by atoms with Crippen LogP contribution in [0, 0.1) is 0 Å². The van der Waals surface area contributed by atoms with Crippen LogP contribution in [0.25, 0.3) is 106 Å². The first-order valence-corrected chi connectivity index (χ1v) is 20.6. The highest BCUT2D eigenvalue weighted by Crippen LogP contribution is 2.46. The molecule has 0 saturated carbocycles. The second kappa shape index (κ2) is 15.5. The maximum absolute atomic E-state index is 5.05. The smallest absolute Gasteiger partial charge is 0.164 e. The lowest BCUT2D eigenvalue weighted by molar-refractivity contribution is 1.07. The molecule has 0 unspecified atom stereocenters. The Morgan fingerprint density at radius 3 is 0.885 bits per heavy atom. The second-order valence-electron chi connectivity index (χ2n) is 15.2. The summed E-state index contributed by atoms with van der Waals surface area (Å²) in [7, 11) is 0. The number of benzene rings is 9. The minimum absolute atomic E-state index is 0.622. The van der Waals surface area contributed by atoms with Crippen molar-refractivity contribution in [2.24, 2.45) is 0 Å². The number of rotatable bonds is 8. The summed E-state index contributed by atoms with van der Waals surface area (Å²) in [6.07, 6.45) is 0. The Balaban J connectivity index is 1.20. The van der Waals surface area contributed by atoms with Crippen molar-refractivity contribution in [1.29, 1.82) is 0 Å². The zero-order chi connectivity index (χ0) is 40.5. The van der Waals surface area contributed by atoms with Gasteiger partial charge in [0.05, 0.1) is 11.0 Å². The highest BCUT2D eigenvalue weighted by Gasteiger charge is 2.23. The summed E-state index contributed by atoms with van der Waals surface area (Å²) < 4.78 is 2.47. The zero-order valence-electron chi connectivity index (χ0n) is 33.2. The summed E-state index contributed by atoms with van der Waals surface area (Å²) in [5, 5.41) is 2.37. The third-order valence-electron chi connectivity index (χ3n) is 11.4. The molecule has 0 radical (unpaired) electrons. The van der Waals surface area contributed by atoms with E-state index in [1.807, 2.05) is 60.7 Å². The van der Waals surface area contributed by atoms with Gasteiger partial charge in [0, 0.05) is 44.3 Å². The summed E-state index contributed by atoms with van der Waals surface area (Å²) in [6.45, 7) is 0. The van der Waals surface area contributed by atoms with Gasteiger partial charge in [-0.3, -0.25) is 0 Å². The summed E-state index contributed by atoms with van der Waals surface area (Å²) in [5.74, 6) is 1.90. The number of hydrogen-bond acceptors (Lipinski definition) is 3. The van der Waals surface area contributed by atoms with Crippen molar-refractivity contribution in [2.75, 3.05) is 0 Å². The number of nitrogens with zero attached hydrogens (tertiary/aromatic N) is 4. The monoisotopic (exact) mass is 778 g/mol. The molecule has 61 heavy (non-hydrogen) atoms. The molecule has 2 aromatic heterocycles. The van der Waals surface area contributed by atoms with Crippen LogP contribution in [0.5, 0.6) is 0 Å². The molecule has 11 aromatic rings. The Hall–Kier alpha value is -8.21. The van der Waals surface area contributed by atoms with Gasteiger partial charge in [0.25, 0.3) is 0 Å².